The molecule has 0 amide bonds. The number of nitrogens with two attached hydrogens (primary N) is 1. The minimum Gasteiger partial charge on any atom is -0.330 e. The number of aromatic amines is 1. The van der Waals surface area contributed by atoms with Crippen LogP contribution >= 0.6 is 0 Å². The molecule has 3 N–H and O–H groups in total. The summed E-state index contributed by atoms with van der Waals surface area (Å²) in [5.74, 6) is 1.72. The van der Waals surface area contributed by atoms with Crippen LogP contribution in [0.15, 0.2) is 24.3 Å². The normalized spacial score (nSPS) is 10.7. The maximum atomic E-state index is 5.52. The summed E-state index contributed by atoms with van der Waals surface area (Å²) in [6, 6.07) is 8.25. The number of H-pyrrole nitrogens is 1. The lowest BCUT2D eigenvalue weighted by Crippen LogP contribution is -2.02. The highest BCUT2D eigenvalue weighted by Crippen LogP contribution is 2.15. The van der Waals surface area contributed by atoms with Crippen molar-refractivity contribution < 1.29 is 0 Å². The fraction of sp³-hybridized carbons (Fsp3) is 0.385. The molecule has 0 aliphatic rings. The fourth-order valence-corrected chi connectivity index (χ4v) is 1.76. The monoisotopic (exact) mass is 230 g/mol. The molecule has 1 aromatic heterocycles. The summed E-state index contributed by atoms with van der Waals surface area (Å²) in [4.78, 5) is 4.45. The van der Waals surface area contributed by atoms with Gasteiger partial charge in [0.2, 0.25) is 0 Å². The van der Waals surface area contributed by atoms with Gasteiger partial charge in [0.15, 0.2) is 5.82 Å². The summed E-state index contributed by atoms with van der Waals surface area (Å²) in [5, 5.41) is 7.18. The van der Waals surface area contributed by atoms with Crippen molar-refractivity contribution >= 4 is 0 Å². The Morgan fingerprint density at radius 1 is 1.18 bits per heavy atom. The third-order valence-electron chi connectivity index (χ3n) is 2.66. The Morgan fingerprint density at radius 2 is 1.94 bits per heavy atom. The van der Waals surface area contributed by atoms with Crippen molar-refractivity contribution in [2.75, 3.05) is 6.54 Å². The molecule has 2 aromatic rings. The van der Waals surface area contributed by atoms with Gasteiger partial charge in [0.25, 0.3) is 0 Å². The molecule has 0 spiro atoms. The Labute approximate surface area is 101 Å². The van der Waals surface area contributed by atoms with Gasteiger partial charge in [-0.2, -0.15) is 5.10 Å². The van der Waals surface area contributed by atoms with Crippen molar-refractivity contribution in [2.24, 2.45) is 5.73 Å². The molecule has 0 aliphatic carbocycles. The van der Waals surface area contributed by atoms with Crippen LogP contribution in [0.1, 0.15) is 24.7 Å². The molecular weight excluding hydrogens is 212 g/mol. The maximum absolute atomic E-state index is 5.52. The van der Waals surface area contributed by atoms with Crippen LogP contribution in [0.3, 0.4) is 0 Å². The Kier molecular flexibility index (Phi) is 3.88. The number of nitrogens with one attached hydrogen (secondary N) is 1. The van der Waals surface area contributed by atoms with Gasteiger partial charge in [0.1, 0.15) is 5.82 Å². The minimum absolute atomic E-state index is 0.681. The summed E-state index contributed by atoms with van der Waals surface area (Å²) in [7, 11) is 0. The van der Waals surface area contributed by atoms with Crippen LogP contribution in [-0.2, 0) is 12.8 Å². The van der Waals surface area contributed by atoms with Gasteiger partial charge in [0, 0.05) is 12.0 Å². The number of nitrogens with zero attached hydrogens (tertiary/aromatic N) is 2. The number of hydrogen-bond acceptors (Lipinski definition) is 3. The first-order valence-electron chi connectivity index (χ1n) is 6.04. The van der Waals surface area contributed by atoms with E-state index in [1.807, 2.05) is 12.1 Å². The fourth-order valence-electron chi connectivity index (χ4n) is 1.76. The summed E-state index contributed by atoms with van der Waals surface area (Å²) < 4.78 is 0. The maximum Gasteiger partial charge on any atom is 0.181 e. The van der Waals surface area contributed by atoms with Crippen molar-refractivity contribution in [1.29, 1.82) is 0 Å². The van der Waals surface area contributed by atoms with Crippen LogP contribution in [0.25, 0.3) is 11.4 Å². The summed E-state index contributed by atoms with van der Waals surface area (Å²) in [6.45, 7) is 2.81. The van der Waals surface area contributed by atoms with E-state index in [4.69, 9.17) is 5.73 Å². The molecular formula is C13H18N4. The Hall–Kier alpha value is -1.68. The molecule has 4 nitrogen and oxygen atoms in total. The molecule has 90 valence electrons. The van der Waals surface area contributed by atoms with Gasteiger partial charge in [-0.25, -0.2) is 4.98 Å². The third-order valence-corrected chi connectivity index (χ3v) is 2.66. The van der Waals surface area contributed by atoms with Crippen LogP contribution in [0, 0.1) is 0 Å². The van der Waals surface area contributed by atoms with Crippen molar-refractivity contribution in [1.82, 2.24) is 15.2 Å². The Balaban J connectivity index is 2.15. The van der Waals surface area contributed by atoms with Crippen LogP contribution in [-0.4, -0.2) is 21.7 Å². The summed E-state index contributed by atoms with van der Waals surface area (Å²) in [6.07, 6.45) is 2.93. The molecule has 0 fully saturated rings. The molecule has 0 unspecified atom stereocenters. The molecule has 0 saturated heterocycles. The van der Waals surface area contributed by atoms with Crippen LogP contribution in [0.2, 0.25) is 0 Å². The quantitative estimate of drug-likeness (QED) is 0.824. The topological polar surface area (TPSA) is 67.6 Å². The molecule has 1 aromatic carbocycles. The van der Waals surface area contributed by atoms with Gasteiger partial charge in [-0.3, -0.25) is 5.10 Å². The molecule has 4 heteroatoms. The van der Waals surface area contributed by atoms with Crippen molar-refractivity contribution in [3.63, 3.8) is 0 Å². The van der Waals surface area contributed by atoms with Gasteiger partial charge in [-0.15, -0.1) is 0 Å². The number of aromatic nitrogens is 3. The van der Waals surface area contributed by atoms with Crippen molar-refractivity contribution in [2.45, 2.75) is 26.2 Å². The van der Waals surface area contributed by atoms with E-state index in [1.54, 1.807) is 0 Å². The van der Waals surface area contributed by atoms with Crippen molar-refractivity contribution in [3.8, 4) is 11.4 Å². The highest BCUT2D eigenvalue weighted by molar-refractivity contribution is 5.54. The van der Waals surface area contributed by atoms with Gasteiger partial charge in [-0.1, -0.05) is 31.2 Å². The first-order chi connectivity index (χ1) is 8.33. The van der Waals surface area contributed by atoms with Gasteiger partial charge < -0.3 is 5.73 Å². The van der Waals surface area contributed by atoms with Crippen LogP contribution < -0.4 is 5.73 Å². The lowest BCUT2D eigenvalue weighted by atomic mass is 10.1. The van der Waals surface area contributed by atoms with E-state index < -0.39 is 0 Å². The minimum atomic E-state index is 0.681. The van der Waals surface area contributed by atoms with Crippen LogP contribution in [0.4, 0.5) is 0 Å². The second-order valence-corrected chi connectivity index (χ2v) is 4.09. The molecule has 2 rings (SSSR count). The van der Waals surface area contributed by atoms with Gasteiger partial charge >= 0.3 is 0 Å². The van der Waals surface area contributed by atoms with E-state index in [9.17, 15) is 0 Å². The third kappa shape index (κ3) is 2.91. The van der Waals surface area contributed by atoms with E-state index in [0.29, 0.717) is 6.54 Å². The van der Waals surface area contributed by atoms with E-state index in [-0.39, 0.29) is 0 Å². The second-order valence-electron chi connectivity index (χ2n) is 4.09. The SMILES string of the molecule is CCCc1nc(-c2ccc(CCN)cc2)n[nH]1. The number of hydrogen-bond donors (Lipinski definition) is 2. The molecule has 0 radical (unpaired) electrons. The van der Waals surface area contributed by atoms with Crippen LogP contribution in [0.5, 0.6) is 0 Å². The average Bonchev–Trinajstić information content (AvgIpc) is 2.80. The predicted molar refractivity (Wildman–Crippen MR) is 68.6 cm³/mol. The first-order valence-corrected chi connectivity index (χ1v) is 6.04. The van der Waals surface area contributed by atoms with E-state index in [2.05, 4.69) is 34.2 Å². The zero-order valence-electron chi connectivity index (χ0n) is 10.1. The molecule has 0 saturated carbocycles. The molecule has 17 heavy (non-hydrogen) atoms. The molecule has 0 atom stereocenters. The lowest BCUT2D eigenvalue weighted by molar-refractivity contribution is 0.841. The average molecular weight is 230 g/mol. The molecule has 0 bridgehead atoms. The highest BCUT2D eigenvalue weighted by Gasteiger charge is 2.04. The smallest absolute Gasteiger partial charge is 0.181 e. The van der Waals surface area contributed by atoms with E-state index in [1.165, 1.54) is 5.56 Å². The first kappa shape index (κ1) is 11.8. The summed E-state index contributed by atoms with van der Waals surface area (Å²) >= 11 is 0. The predicted octanol–water partition coefficient (Wildman–Crippen LogP) is 1.93. The largest absolute Gasteiger partial charge is 0.330 e. The molecule has 1 heterocycles. The standard InChI is InChI=1S/C13H18N4/c1-2-3-12-15-13(17-16-12)11-6-4-10(5-7-11)8-9-14/h4-7H,2-3,8-9,14H2,1H3,(H,15,16,17). The Morgan fingerprint density at radius 3 is 2.59 bits per heavy atom. The molecule has 0 aliphatic heterocycles. The van der Waals surface area contributed by atoms with Gasteiger partial charge in [0.05, 0.1) is 0 Å². The Bertz CT molecular complexity index is 459. The van der Waals surface area contributed by atoms with E-state index in [0.717, 1.165) is 36.5 Å². The summed E-state index contributed by atoms with van der Waals surface area (Å²) in [5.41, 5.74) is 7.81. The zero-order valence-corrected chi connectivity index (χ0v) is 10.1. The zero-order chi connectivity index (χ0) is 12.1. The number of benzene rings is 1. The highest BCUT2D eigenvalue weighted by atomic mass is 15.2. The number of rotatable bonds is 5. The number of aryl methyl sites for hydroxylation is 1. The van der Waals surface area contributed by atoms with Gasteiger partial charge in [-0.05, 0) is 24.9 Å². The lowest BCUT2D eigenvalue weighted by Gasteiger charge is -1.99. The second kappa shape index (κ2) is 5.59. The van der Waals surface area contributed by atoms with Crippen molar-refractivity contribution in [3.05, 3.63) is 35.7 Å². The van der Waals surface area contributed by atoms with E-state index >= 15 is 0 Å².